The number of nitrogens with zero attached hydrogens (tertiary/aromatic N) is 2. The number of benzene rings is 1. The van der Waals surface area contributed by atoms with Gasteiger partial charge in [-0.05, 0) is 37.6 Å². The molecule has 0 atom stereocenters. The normalized spacial score (nSPS) is 10.1. The van der Waals surface area contributed by atoms with Crippen molar-refractivity contribution in [2.45, 2.75) is 20.3 Å². The summed E-state index contributed by atoms with van der Waals surface area (Å²) in [5.41, 5.74) is 3.82. The molecular weight excluding hydrogens is 254 g/mol. The van der Waals surface area contributed by atoms with Crippen LogP contribution in [0.15, 0.2) is 24.3 Å². The fourth-order valence-electron chi connectivity index (χ4n) is 1.99. The quantitative estimate of drug-likeness (QED) is 0.864. The number of nitriles is 1. The van der Waals surface area contributed by atoms with Gasteiger partial charge < -0.3 is 4.74 Å². The fourth-order valence-corrected chi connectivity index (χ4v) is 1.99. The summed E-state index contributed by atoms with van der Waals surface area (Å²) in [4.78, 5) is 11.9. The average Bonchev–Trinajstić information content (AvgIpc) is 2.79. The van der Waals surface area contributed by atoms with Gasteiger partial charge in [0.15, 0.2) is 0 Å². The second kappa shape index (κ2) is 6.02. The van der Waals surface area contributed by atoms with Gasteiger partial charge >= 0.3 is 5.97 Å². The SMILES string of the molecule is Cc1n[nH]c(C)c1CCOC(=O)c1cccc(C#N)c1. The van der Waals surface area contributed by atoms with E-state index >= 15 is 0 Å². The molecule has 102 valence electrons. The largest absolute Gasteiger partial charge is 0.462 e. The zero-order chi connectivity index (χ0) is 14.5. The molecule has 2 aromatic rings. The van der Waals surface area contributed by atoms with Crippen LogP contribution in [-0.2, 0) is 11.2 Å². The van der Waals surface area contributed by atoms with E-state index in [0.717, 1.165) is 17.0 Å². The van der Waals surface area contributed by atoms with Gasteiger partial charge in [-0.25, -0.2) is 4.79 Å². The molecule has 0 aliphatic heterocycles. The lowest BCUT2D eigenvalue weighted by Crippen LogP contribution is -2.09. The maximum atomic E-state index is 11.9. The molecule has 20 heavy (non-hydrogen) atoms. The highest BCUT2D eigenvalue weighted by atomic mass is 16.5. The Hall–Kier alpha value is -2.61. The highest BCUT2D eigenvalue weighted by molar-refractivity contribution is 5.89. The molecule has 0 aliphatic rings. The number of esters is 1. The lowest BCUT2D eigenvalue weighted by molar-refractivity contribution is 0.0509. The van der Waals surface area contributed by atoms with Crippen LogP contribution >= 0.6 is 0 Å². The van der Waals surface area contributed by atoms with E-state index in [1.807, 2.05) is 19.9 Å². The minimum Gasteiger partial charge on any atom is -0.462 e. The lowest BCUT2D eigenvalue weighted by Gasteiger charge is -2.05. The van der Waals surface area contributed by atoms with Gasteiger partial charge in [-0.3, -0.25) is 5.10 Å². The predicted molar refractivity (Wildman–Crippen MR) is 73.2 cm³/mol. The van der Waals surface area contributed by atoms with Crippen LogP contribution in [0, 0.1) is 25.2 Å². The molecule has 2 rings (SSSR count). The van der Waals surface area contributed by atoms with Crippen LogP contribution in [-0.4, -0.2) is 22.8 Å². The third-order valence-corrected chi connectivity index (χ3v) is 3.09. The molecule has 0 aliphatic carbocycles. The van der Waals surface area contributed by atoms with E-state index in [4.69, 9.17) is 10.00 Å². The summed E-state index contributed by atoms with van der Waals surface area (Å²) in [6.07, 6.45) is 0.623. The molecule has 0 spiro atoms. The Morgan fingerprint density at radius 2 is 2.25 bits per heavy atom. The third kappa shape index (κ3) is 3.04. The number of aromatic nitrogens is 2. The number of nitrogens with one attached hydrogen (secondary N) is 1. The summed E-state index contributed by atoms with van der Waals surface area (Å²) < 4.78 is 5.22. The molecule has 0 saturated carbocycles. The van der Waals surface area contributed by atoms with Gasteiger partial charge in [-0.15, -0.1) is 0 Å². The van der Waals surface area contributed by atoms with Crippen molar-refractivity contribution in [3.63, 3.8) is 0 Å². The minimum absolute atomic E-state index is 0.289. The monoisotopic (exact) mass is 269 g/mol. The zero-order valence-corrected chi connectivity index (χ0v) is 11.4. The lowest BCUT2D eigenvalue weighted by atomic mass is 10.1. The summed E-state index contributed by atoms with van der Waals surface area (Å²) in [5, 5.41) is 15.8. The highest BCUT2D eigenvalue weighted by Gasteiger charge is 2.10. The van der Waals surface area contributed by atoms with Crippen LogP contribution in [0.1, 0.15) is 32.9 Å². The van der Waals surface area contributed by atoms with E-state index in [1.54, 1.807) is 18.2 Å². The Kier molecular flexibility index (Phi) is 4.16. The number of hydrogen-bond donors (Lipinski definition) is 1. The van der Waals surface area contributed by atoms with E-state index in [0.29, 0.717) is 17.5 Å². The second-order valence-electron chi connectivity index (χ2n) is 4.49. The van der Waals surface area contributed by atoms with E-state index < -0.39 is 5.97 Å². The van der Waals surface area contributed by atoms with Crippen LogP contribution in [0.25, 0.3) is 0 Å². The molecule has 0 bridgehead atoms. The van der Waals surface area contributed by atoms with Gasteiger partial charge in [0.05, 0.1) is 29.5 Å². The predicted octanol–water partition coefficient (Wildman–Crippen LogP) is 2.30. The summed E-state index contributed by atoms with van der Waals surface area (Å²) in [6.45, 7) is 4.14. The molecule has 5 heteroatoms. The van der Waals surface area contributed by atoms with Gasteiger partial charge in [0.1, 0.15) is 0 Å². The second-order valence-corrected chi connectivity index (χ2v) is 4.49. The number of rotatable bonds is 4. The smallest absolute Gasteiger partial charge is 0.338 e. The summed E-state index contributed by atoms with van der Waals surface area (Å²) in [5.74, 6) is -0.416. The van der Waals surface area contributed by atoms with Gasteiger partial charge in [0.25, 0.3) is 0 Å². The first kappa shape index (κ1) is 13.8. The first-order valence-corrected chi connectivity index (χ1v) is 6.29. The molecule has 1 aromatic carbocycles. The molecule has 0 unspecified atom stereocenters. The van der Waals surface area contributed by atoms with Crippen molar-refractivity contribution in [1.82, 2.24) is 10.2 Å². The number of ether oxygens (including phenoxy) is 1. The molecule has 1 N–H and O–H groups in total. The average molecular weight is 269 g/mol. The van der Waals surface area contributed by atoms with Gasteiger partial charge in [-0.1, -0.05) is 6.07 Å². The Bertz CT molecular complexity index is 648. The first-order valence-electron chi connectivity index (χ1n) is 6.29. The zero-order valence-electron chi connectivity index (χ0n) is 11.4. The van der Waals surface area contributed by atoms with Crippen molar-refractivity contribution in [3.05, 3.63) is 52.3 Å². The summed E-state index contributed by atoms with van der Waals surface area (Å²) >= 11 is 0. The van der Waals surface area contributed by atoms with E-state index in [9.17, 15) is 4.79 Å². The van der Waals surface area contributed by atoms with Crippen molar-refractivity contribution in [2.75, 3.05) is 6.61 Å². The molecule has 0 radical (unpaired) electrons. The van der Waals surface area contributed by atoms with Crippen molar-refractivity contribution in [2.24, 2.45) is 0 Å². The number of carbonyl (C=O) groups is 1. The van der Waals surface area contributed by atoms with Crippen molar-refractivity contribution in [1.29, 1.82) is 5.26 Å². The Morgan fingerprint density at radius 1 is 1.45 bits per heavy atom. The maximum Gasteiger partial charge on any atom is 0.338 e. The van der Waals surface area contributed by atoms with Gasteiger partial charge in [-0.2, -0.15) is 10.4 Å². The number of H-pyrrole nitrogens is 1. The molecule has 0 fully saturated rings. The summed E-state index contributed by atoms with van der Waals surface area (Å²) in [7, 11) is 0. The van der Waals surface area contributed by atoms with Crippen molar-refractivity contribution >= 4 is 5.97 Å². The minimum atomic E-state index is -0.416. The summed E-state index contributed by atoms with van der Waals surface area (Å²) in [6, 6.07) is 8.47. The van der Waals surface area contributed by atoms with Crippen LogP contribution in [0.3, 0.4) is 0 Å². The van der Waals surface area contributed by atoms with Crippen LogP contribution < -0.4 is 0 Å². The van der Waals surface area contributed by atoms with Crippen LogP contribution in [0.2, 0.25) is 0 Å². The molecule has 1 heterocycles. The van der Waals surface area contributed by atoms with Gasteiger partial charge in [0, 0.05) is 12.1 Å². The highest BCUT2D eigenvalue weighted by Crippen LogP contribution is 2.11. The van der Waals surface area contributed by atoms with Crippen LogP contribution in [0.5, 0.6) is 0 Å². The first-order chi connectivity index (χ1) is 9.61. The van der Waals surface area contributed by atoms with Gasteiger partial charge in [0.2, 0.25) is 0 Å². The van der Waals surface area contributed by atoms with E-state index in [1.165, 1.54) is 6.07 Å². The maximum absolute atomic E-state index is 11.9. The molecule has 0 saturated heterocycles. The van der Waals surface area contributed by atoms with Crippen molar-refractivity contribution < 1.29 is 9.53 Å². The number of aryl methyl sites for hydroxylation is 2. The van der Waals surface area contributed by atoms with E-state index in [2.05, 4.69) is 10.2 Å². The third-order valence-electron chi connectivity index (χ3n) is 3.09. The molecule has 0 amide bonds. The van der Waals surface area contributed by atoms with E-state index in [-0.39, 0.29) is 6.61 Å². The van der Waals surface area contributed by atoms with Crippen molar-refractivity contribution in [3.8, 4) is 6.07 Å². The Balaban J connectivity index is 1.94. The standard InChI is InChI=1S/C15H15N3O2/c1-10-14(11(2)18-17-10)6-7-20-15(19)13-5-3-4-12(8-13)9-16/h3-5,8H,6-7H2,1-2H3,(H,17,18). The van der Waals surface area contributed by atoms with Crippen LogP contribution in [0.4, 0.5) is 0 Å². The Labute approximate surface area is 117 Å². The topological polar surface area (TPSA) is 78.8 Å². The molecule has 1 aromatic heterocycles. The number of aromatic amines is 1. The number of hydrogen-bond acceptors (Lipinski definition) is 4. The molecular formula is C15H15N3O2. The molecule has 5 nitrogen and oxygen atoms in total. The Morgan fingerprint density at radius 3 is 2.90 bits per heavy atom. The number of carbonyl (C=O) groups excluding carboxylic acids is 1. The fraction of sp³-hybridized carbons (Fsp3) is 0.267.